The Morgan fingerprint density at radius 1 is 1.19 bits per heavy atom. The standard InChI is InChI=1S/C25H23ClN4O6/c1-2-36-20-9-6-17(14-19(20)26)23(31)21-22(16-4-7-18(8-5-16)30(34)35)29(25(33)24(21)32)12-3-11-28-13-10-27-15-28/h4-10,13-15,22,31H,2-3,11-12H2,1H3/t22-/m0/s1. The fourth-order valence-electron chi connectivity index (χ4n) is 4.15. The summed E-state index contributed by atoms with van der Waals surface area (Å²) in [5.41, 5.74) is 0.457. The van der Waals surface area contributed by atoms with Crippen LogP contribution in [-0.2, 0) is 16.1 Å². The third kappa shape index (κ3) is 4.94. The van der Waals surface area contributed by atoms with Crippen LogP contribution in [0.4, 0.5) is 5.69 Å². The van der Waals surface area contributed by atoms with E-state index in [-0.39, 0.29) is 28.4 Å². The minimum atomic E-state index is -0.932. The van der Waals surface area contributed by atoms with Gasteiger partial charge in [0.15, 0.2) is 0 Å². The van der Waals surface area contributed by atoms with Crippen molar-refractivity contribution in [3.8, 4) is 5.75 Å². The molecule has 1 aromatic heterocycles. The van der Waals surface area contributed by atoms with Gasteiger partial charge in [0.25, 0.3) is 17.4 Å². The molecule has 1 saturated heterocycles. The molecule has 1 aliphatic heterocycles. The lowest BCUT2D eigenvalue weighted by Gasteiger charge is -2.25. The van der Waals surface area contributed by atoms with E-state index in [0.717, 1.165) is 0 Å². The molecule has 0 bridgehead atoms. The molecule has 2 aromatic carbocycles. The van der Waals surface area contributed by atoms with E-state index in [1.54, 1.807) is 30.9 Å². The molecule has 1 amide bonds. The smallest absolute Gasteiger partial charge is 0.295 e. The summed E-state index contributed by atoms with van der Waals surface area (Å²) in [6, 6.07) is 9.21. The maximum absolute atomic E-state index is 13.1. The Morgan fingerprint density at radius 3 is 2.56 bits per heavy atom. The number of aryl methyl sites for hydroxylation is 1. The Bertz CT molecular complexity index is 1320. The number of non-ortho nitro benzene ring substituents is 1. The first kappa shape index (κ1) is 24.9. The van der Waals surface area contributed by atoms with Crippen LogP contribution in [0.25, 0.3) is 5.76 Å². The lowest BCUT2D eigenvalue weighted by Crippen LogP contribution is -2.31. The molecule has 1 aliphatic rings. The number of likely N-dealkylation sites (tertiary alicyclic amines) is 1. The number of amides is 1. The van der Waals surface area contributed by atoms with Gasteiger partial charge in [-0.05, 0) is 49.2 Å². The van der Waals surface area contributed by atoms with Crippen molar-refractivity contribution in [1.82, 2.24) is 14.5 Å². The molecule has 0 radical (unpaired) electrons. The van der Waals surface area contributed by atoms with Crippen molar-refractivity contribution in [1.29, 1.82) is 0 Å². The third-order valence-electron chi connectivity index (χ3n) is 5.84. The van der Waals surface area contributed by atoms with Crippen LogP contribution < -0.4 is 4.74 Å². The molecule has 4 rings (SSSR count). The van der Waals surface area contributed by atoms with E-state index in [9.17, 15) is 24.8 Å². The molecule has 1 N–H and O–H groups in total. The number of hydrogen-bond acceptors (Lipinski definition) is 7. The van der Waals surface area contributed by atoms with Gasteiger partial charge in [0.05, 0.1) is 34.5 Å². The Balaban J connectivity index is 1.74. The normalized spacial score (nSPS) is 16.9. The first-order chi connectivity index (χ1) is 17.3. The summed E-state index contributed by atoms with van der Waals surface area (Å²) < 4.78 is 7.27. The molecule has 10 nitrogen and oxygen atoms in total. The molecule has 1 fully saturated rings. The Labute approximate surface area is 211 Å². The number of nitrogens with zero attached hydrogens (tertiary/aromatic N) is 4. The topological polar surface area (TPSA) is 128 Å². The molecule has 2 heterocycles. The van der Waals surface area contributed by atoms with Crippen molar-refractivity contribution in [3.05, 3.63) is 93.0 Å². The first-order valence-corrected chi connectivity index (χ1v) is 11.6. The number of imidazole rings is 1. The highest BCUT2D eigenvalue weighted by Gasteiger charge is 2.45. The van der Waals surface area contributed by atoms with Crippen LogP contribution in [0.5, 0.6) is 5.75 Å². The monoisotopic (exact) mass is 510 g/mol. The zero-order valence-electron chi connectivity index (χ0n) is 19.3. The van der Waals surface area contributed by atoms with E-state index in [0.29, 0.717) is 30.9 Å². The maximum atomic E-state index is 13.1. The summed E-state index contributed by atoms with van der Waals surface area (Å²) in [7, 11) is 0. The molecule has 186 valence electrons. The number of ketones is 1. The number of halogens is 1. The van der Waals surface area contributed by atoms with Crippen LogP contribution in [0.1, 0.15) is 30.5 Å². The number of nitro groups is 1. The van der Waals surface area contributed by atoms with Crippen molar-refractivity contribution >= 4 is 34.7 Å². The quantitative estimate of drug-likeness (QED) is 0.149. The number of carbonyl (C=O) groups is 2. The highest BCUT2D eigenvalue weighted by Crippen LogP contribution is 2.40. The van der Waals surface area contributed by atoms with Crippen molar-refractivity contribution in [2.24, 2.45) is 0 Å². The average Bonchev–Trinajstić information content (AvgIpc) is 3.47. The molecule has 1 atom stereocenters. The second-order valence-corrected chi connectivity index (χ2v) is 8.48. The fraction of sp³-hybridized carbons (Fsp3) is 0.240. The number of Topliss-reactive ketones (excluding diaryl/α,β-unsaturated/α-hetero) is 1. The van der Waals surface area contributed by atoms with Crippen molar-refractivity contribution in [2.45, 2.75) is 25.9 Å². The molecule has 0 aliphatic carbocycles. The number of hydrogen-bond donors (Lipinski definition) is 1. The predicted octanol–water partition coefficient (Wildman–Crippen LogP) is 4.36. The van der Waals surface area contributed by atoms with Gasteiger partial charge in [-0.1, -0.05) is 11.6 Å². The molecular weight excluding hydrogens is 488 g/mol. The molecule has 36 heavy (non-hydrogen) atoms. The van der Waals surface area contributed by atoms with Crippen LogP contribution in [0.2, 0.25) is 5.02 Å². The predicted molar refractivity (Wildman–Crippen MR) is 132 cm³/mol. The van der Waals surface area contributed by atoms with Gasteiger partial charge >= 0.3 is 0 Å². The van der Waals surface area contributed by atoms with E-state index in [4.69, 9.17) is 16.3 Å². The van der Waals surface area contributed by atoms with Crippen LogP contribution >= 0.6 is 11.6 Å². The van der Waals surface area contributed by atoms with Gasteiger partial charge in [-0.3, -0.25) is 19.7 Å². The molecular formula is C25H23ClN4O6. The van der Waals surface area contributed by atoms with Gasteiger partial charge in [0, 0.05) is 43.2 Å². The summed E-state index contributed by atoms with van der Waals surface area (Å²) in [6.45, 7) is 2.98. The van der Waals surface area contributed by atoms with E-state index in [1.165, 1.54) is 35.2 Å². The molecule has 0 unspecified atom stereocenters. The van der Waals surface area contributed by atoms with Gasteiger partial charge in [-0.15, -0.1) is 0 Å². The fourth-order valence-corrected chi connectivity index (χ4v) is 4.39. The Morgan fingerprint density at radius 2 is 1.94 bits per heavy atom. The number of aliphatic hydroxyl groups is 1. The number of ether oxygens (including phenoxy) is 1. The number of nitro benzene ring substituents is 1. The zero-order valence-corrected chi connectivity index (χ0v) is 20.1. The first-order valence-electron chi connectivity index (χ1n) is 11.2. The highest BCUT2D eigenvalue weighted by molar-refractivity contribution is 6.46. The Hall–Kier alpha value is -4.18. The van der Waals surface area contributed by atoms with Crippen LogP contribution in [0.15, 0.2) is 66.8 Å². The minimum absolute atomic E-state index is 0.114. The van der Waals surface area contributed by atoms with Crippen molar-refractivity contribution in [3.63, 3.8) is 0 Å². The largest absolute Gasteiger partial charge is 0.507 e. The molecule has 0 saturated carbocycles. The van der Waals surface area contributed by atoms with Gasteiger partial charge in [-0.2, -0.15) is 0 Å². The van der Waals surface area contributed by atoms with Gasteiger partial charge < -0.3 is 19.3 Å². The molecule has 3 aromatic rings. The number of aromatic nitrogens is 2. The van der Waals surface area contributed by atoms with Gasteiger partial charge in [-0.25, -0.2) is 4.98 Å². The van der Waals surface area contributed by atoms with Crippen LogP contribution in [0.3, 0.4) is 0 Å². The van der Waals surface area contributed by atoms with Gasteiger partial charge in [0.1, 0.15) is 11.5 Å². The van der Waals surface area contributed by atoms with E-state index >= 15 is 0 Å². The highest BCUT2D eigenvalue weighted by atomic mass is 35.5. The number of benzene rings is 2. The number of carbonyl (C=O) groups excluding carboxylic acids is 2. The SMILES string of the molecule is CCOc1ccc(C(O)=C2C(=O)C(=O)N(CCCn3ccnc3)[C@H]2c2ccc([N+](=O)[O-])cc2)cc1Cl. The molecule has 11 heteroatoms. The van der Waals surface area contributed by atoms with Gasteiger partial charge in [0.2, 0.25) is 0 Å². The van der Waals surface area contributed by atoms with Crippen LogP contribution in [0, 0.1) is 10.1 Å². The summed E-state index contributed by atoms with van der Waals surface area (Å²) >= 11 is 6.28. The summed E-state index contributed by atoms with van der Waals surface area (Å²) in [4.78, 5) is 42.2. The minimum Gasteiger partial charge on any atom is -0.507 e. The summed E-state index contributed by atoms with van der Waals surface area (Å²) in [5, 5.41) is 22.5. The Kier molecular flexibility index (Phi) is 7.35. The lowest BCUT2D eigenvalue weighted by molar-refractivity contribution is -0.384. The summed E-state index contributed by atoms with van der Waals surface area (Å²) in [6.07, 6.45) is 5.60. The summed E-state index contributed by atoms with van der Waals surface area (Å²) in [5.74, 6) is -1.58. The second-order valence-electron chi connectivity index (χ2n) is 8.07. The zero-order chi connectivity index (χ0) is 25.8. The van der Waals surface area contributed by atoms with E-state index < -0.39 is 28.4 Å². The number of rotatable bonds is 9. The lowest BCUT2D eigenvalue weighted by atomic mass is 9.95. The van der Waals surface area contributed by atoms with Crippen molar-refractivity contribution in [2.75, 3.05) is 13.2 Å². The van der Waals surface area contributed by atoms with E-state index in [2.05, 4.69) is 4.98 Å². The maximum Gasteiger partial charge on any atom is 0.295 e. The van der Waals surface area contributed by atoms with Crippen LogP contribution in [-0.4, -0.2) is 49.3 Å². The number of aliphatic hydroxyl groups excluding tert-OH is 1. The second kappa shape index (κ2) is 10.6. The third-order valence-corrected chi connectivity index (χ3v) is 6.13. The van der Waals surface area contributed by atoms with E-state index in [1.807, 2.05) is 11.5 Å². The van der Waals surface area contributed by atoms with Crippen molar-refractivity contribution < 1.29 is 24.4 Å². The molecule has 0 spiro atoms. The average molecular weight is 511 g/mol.